The summed E-state index contributed by atoms with van der Waals surface area (Å²) < 4.78 is 26.8. The average Bonchev–Trinajstić information content (AvgIpc) is 2.35. The molecule has 0 aliphatic carbocycles. The minimum absolute atomic E-state index is 0.242. The first-order chi connectivity index (χ1) is 8.97. The van der Waals surface area contributed by atoms with Gasteiger partial charge in [-0.15, -0.1) is 0 Å². The lowest BCUT2D eigenvalue weighted by Gasteiger charge is -2.17. The Morgan fingerprint density at radius 3 is 2.47 bits per heavy atom. The summed E-state index contributed by atoms with van der Waals surface area (Å²) in [5.74, 6) is -0.946. The summed E-state index contributed by atoms with van der Waals surface area (Å²) in [4.78, 5) is 0. The molecule has 0 fully saturated rings. The van der Waals surface area contributed by atoms with Crippen molar-refractivity contribution in [1.82, 2.24) is 0 Å². The lowest BCUT2D eigenvalue weighted by atomic mass is 10.1. The fourth-order valence-electron chi connectivity index (χ4n) is 1.76. The Labute approximate surface area is 120 Å². The zero-order chi connectivity index (χ0) is 14.0. The van der Waals surface area contributed by atoms with E-state index < -0.39 is 17.7 Å². The van der Waals surface area contributed by atoms with Crippen molar-refractivity contribution in [2.45, 2.75) is 13.0 Å². The van der Waals surface area contributed by atoms with Gasteiger partial charge in [-0.1, -0.05) is 23.2 Å². The van der Waals surface area contributed by atoms with Crippen LogP contribution < -0.4 is 5.32 Å². The van der Waals surface area contributed by atoms with Crippen LogP contribution in [0.25, 0.3) is 0 Å². The summed E-state index contributed by atoms with van der Waals surface area (Å²) in [6.07, 6.45) is 0. The lowest BCUT2D eigenvalue weighted by Crippen LogP contribution is -2.09. The van der Waals surface area contributed by atoms with Crippen molar-refractivity contribution in [3.63, 3.8) is 0 Å². The molecule has 0 amide bonds. The van der Waals surface area contributed by atoms with Gasteiger partial charge >= 0.3 is 0 Å². The molecule has 0 aliphatic heterocycles. The molecular weight excluding hydrogens is 291 g/mol. The third-order valence-corrected chi connectivity index (χ3v) is 3.28. The maximum Gasteiger partial charge on any atom is 0.128 e. The second kappa shape index (κ2) is 5.76. The van der Waals surface area contributed by atoms with Crippen LogP contribution in [-0.2, 0) is 0 Å². The number of benzene rings is 2. The van der Waals surface area contributed by atoms with Crippen LogP contribution >= 0.6 is 23.2 Å². The Balaban J connectivity index is 2.25. The minimum atomic E-state index is -0.479. The monoisotopic (exact) mass is 301 g/mol. The summed E-state index contributed by atoms with van der Waals surface area (Å²) in [5.41, 5.74) is 0.855. The summed E-state index contributed by atoms with van der Waals surface area (Å²) in [6, 6.07) is 7.88. The molecule has 100 valence electrons. The summed E-state index contributed by atoms with van der Waals surface area (Å²) in [5, 5.41) is 3.97. The van der Waals surface area contributed by atoms with Gasteiger partial charge in [-0.05, 0) is 43.3 Å². The van der Waals surface area contributed by atoms with Crippen molar-refractivity contribution in [3.8, 4) is 0 Å². The third-order valence-electron chi connectivity index (χ3n) is 2.73. The normalized spacial score (nSPS) is 12.3. The van der Waals surface area contributed by atoms with Crippen LogP contribution in [0.2, 0.25) is 10.0 Å². The van der Waals surface area contributed by atoms with Crippen LogP contribution in [-0.4, -0.2) is 0 Å². The van der Waals surface area contributed by atoms with Gasteiger partial charge in [0.1, 0.15) is 11.6 Å². The van der Waals surface area contributed by atoms with E-state index in [2.05, 4.69) is 5.32 Å². The van der Waals surface area contributed by atoms with E-state index in [0.717, 1.165) is 18.2 Å². The zero-order valence-electron chi connectivity index (χ0n) is 10.1. The molecule has 0 aliphatic rings. The molecule has 0 heterocycles. The standard InChI is InChI=1S/C14H11Cl2F2N/c1-8(11-7-10(17)3-4-13(11)18)19-14-5-2-9(15)6-12(14)16/h2-8,19H,1H3. The summed E-state index contributed by atoms with van der Waals surface area (Å²) in [7, 11) is 0. The molecule has 2 aromatic carbocycles. The number of rotatable bonds is 3. The van der Waals surface area contributed by atoms with E-state index in [1.165, 1.54) is 0 Å². The third kappa shape index (κ3) is 3.37. The van der Waals surface area contributed by atoms with Crippen LogP contribution in [0.5, 0.6) is 0 Å². The molecule has 1 N–H and O–H groups in total. The van der Waals surface area contributed by atoms with Gasteiger partial charge in [0.25, 0.3) is 0 Å². The second-order valence-corrected chi connectivity index (χ2v) is 5.00. The van der Waals surface area contributed by atoms with Gasteiger partial charge in [-0.3, -0.25) is 0 Å². The molecule has 1 atom stereocenters. The van der Waals surface area contributed by atoms with Gasteiger partial charge in [-0.2, -0.15) is 0 Å². The van der Waals surface area contributed by atoms with E-state index in [0.29, 0.717) is 15.7 Å². The lowest BCUT2D eigenvalue weighted by molar-refractivity contribution is 0.577. The maximum atomic E-state index is 13.6. The molecular formula is C14H11Cl2F2N. The van der Waals surface area contributed by atoms with E-state index in [9.17, 15) is 8.78 Å². The topological polar surface area (TPSA) is 12.0 Å². The van der Waals surface area contributed by atoms with Crippen LogP contribution in [0.15, 0.2) is 36.4 Å². The van der Waals surface area contributed by atoms with Gasteiger partial charge in [0, 0.05) is 10.6 Å². The molecule has 0 saturated heterocycles. The highest BCUT2D eigenvalue weighted by Crippen LogP contribution is 2.29. The fraction of sp³-hybridized carbons (Fsp3) is 0.143. The Bertz CT molecular complexity index is 602. The van der Waals surface area contributed by atoms with E-state index in [-0.39, 0.29) is 5.56 Å². The van der Waals surface area contributed by atoms with Gasteiger partial charge in [0.2, 0.25) is 0 Å². The van der Waals surface area contributed by atoms with Crippen LogP contribution in [0.4, 0.5) is 14.5 Å². The van der Waals surface area contributed by atoms with Crippen molar-refractivity contribution < 1.29 is 8.78 Å². The highest BCUT2D eigenvalue weighted by atomic mass is 35.5. The number of hydrogen-bond acceptors (Lipinski definition) is 1. The quantitative estimate of drug-likeness (QED) is 0.795. The fourth-order valence-corrected chi connectivity index (χ4v) is 2.23. The SMILES string of the molecule is CC(Nc1ccc(Cl)cc1Cl)c1cc(F)ccc1F. The highest BCUT2D eigenvalue weighted by molar-refractivity contribution is 6.36. The molecule has 19 heavy (non-hydrogen) atoms. The van der Waals surface area contributed by atoms with Gasteiger partial charge in [0.05, 0.1) is 16.8 Å². The number of hydrogen-bond donors (Lipinski definition) is 1. The molecule has 2 rings (SSSR count). The van der Waals surface area contributed by atoms with Crippen molar-refractivity contribution in [2.75, 3.05) is 5.32 Å². The highest BCUT2D eigenvalue weighted by Gasteiger charge is 2.13. The molecule has 0 aromatic heterocycles. The zero-order valence-corrected chi connectivity index (χ0v) is 11.6. The molecule has 5 heteroatoms. The van der Waals surface area contributed by atoms with Gasteiger partial charge in [-0.25, -0.2) is 8.78 Å². The summed E-state index contributed by atoms with van der Waals surface area (Å²) >= 11 is 11.8. The summed E-state index contributed by atoms with van der Waals surface area (Å²) in [6.45, 7) is 1.72. The molecule has 0 bridgehead atoms. The molecule has 2 aromatic rings. The second-order valence-electron chi connectivity index (χ2n) is 4.16. The van der Waals surface area contributed by atoms with E-state index in [4.69, 9.17) is 23.2 Å². The van der Waals surface area contributed by atoms with Crippen molar-refractivity contribution in [1.29, 1.82) is 0 Å². The largest absolute Gasteiger partial charge is 0.377 e. The Morgan fingerprint density at radius 1 is 1.05 bits per heavy atom. The van der Waals surface area contributed by atoms with E-state index in [1.54, 1.807) is 25.1 Å². The maximum absolute atomic E-state index is 13.6. The van der Waals surface area contributed by atoms with E-state index in [1.807, 2.05) is 0 Å². The first-order valence-corrected chi connectivity index (χ1v) is 6.39. The Morgan fingerprint density at radius 2 is 1.79 bits per heavy atom. The number of halogens is 4. The predicted molar refractivity (Wildman–Crippen MR) is 74.9 cm³/mol. The van der Waals surface area contributed by atoms with Crippen molar-refractivity contribution in [3.05, 3.63) is 63.6 Å². The average molecular weight is 302 g/mol. The van der Waals surface area contributed by atoms with Gasteiger partial charge < -0.3 is 5.32 Å². The Kier molecular flexibility index (Phi) is 4.27. The first-order valence-electron chi connectivity index (χ1n) is 5.64. The van der Waals surface area contributed by atoms with Crippen LogP contribution in [0.3, 0.4) is 0 Å². The van der Waals surface area contributed by atoms with Gasteiger partial charge in [0.15, 0.2) is 0 Å². The van der Waals surface area contributed by atoms with Crippen molar-refractivity contribution in [2.24, 2.45) is 0 Å². The minimum Gasteiger partial charge on any atom is -0.377 e. The van der Waals surface area contributed by atoms with E-state index >= 15 is 0 Å². The molecule has 0 saturated carbocycles. The smallest absolute Gasteiger partial charge is 0.128 e. The van der Waals surface area contributed by atoms with Crippen molar-refractivity contribution >= 4 is 28.9 Å². The number of anilines is 1. The molecule has 0 spiro atoms. The molecule has 0 radical (unpaired) electrons. The number of nitrogens with one attached hydrogen (secondary N) is 1. The molecule has 1 unspecified atom stereocenters. The van der Waals surface area contributed by atoms with Crippen LogP contribution in [0.1, 0.15) is 18.5 Å². The first kappa shape index (κ1) is 14.1. The molecule has 1 nitrogen and oxygen atoms in total. The Hall–Kier alpha value is -1.32. The predicted octanol–water partition coefficient (Wildman–Crippen LogP) is 5.44. The van der Waals surface area contributed by atoms with Crippen LogP contribution in [0, 0.1) is 11.6 Å².